The standard InChI is InChI=1S/C19H30N2O2/c1-15-3-4-16(2)19(11-15)23-14-18(22)13-21-9-7-20(8-10-21)12-17-5-6-17/h3-4,11,17-18,22H,5-10,12-14H2,1-2H3. The molecule has 2 fully saturated rings. The van der Waals surface area contributed by atoms with Crippen molar-refractivity contribution in [1.82, 2.24) is 9.80 Å². The molecule has 4 heteroatoms. The maximum absolute atomic E-state index is 10.3. The van der Waals surface area contributed by atoms with Crippen LogP contribution in [-0.4, -0.2) is 66.9 Å². The highest BCUT2D eigenvalue weighted by molar-refractivity contribution is 5.35. The second kappa shape index (κ2) is 7.65. The first kappa shape index (κ1) is 16.7. The summed E-state index contributed by atoms with van der Waals surface area (Å²) in [7, 11) is 0. The Kier molecular flexibility index (Phi) is 5.57. The summed E-state index contributed by atoms with van der Waals surface area (Å²) in [6.07, 6.45) is 2.42. The first-order chi connectivity index (χ1) is 11.1. The van der Waals surface area contributed by atoms with Crippen LogP contribution in [-0.2, 0) is 0 Å². The number of hydrogen-bond donors (Lipinski definition) is 1. The van der Waals surface area contributed by atoms with Crippen LogP contribution in [0.5, 0.6) is 5.75 Å². The smallest absolute Gasteiger partial charge is 0.122 e. The summed E-state index contributed by atoms with van der Waals surface area (Å²) in [5, 5.41) is 10.3. The molecule has 1 N–H and O–H groups in total. The number of nitrogens with zero attached hydrogens (tertiary/aromatic N) is 2. The largest absolute Gasteiger partial charge is 0.491 e. The number of benzene rings is 1. The molecule has 3 rings (SSSR count). The Morgan fingerprint density at radius 2 is 1.83 bits per heavy atom. The first-order valence-corrected chi connectivity index (χ1v) is 8.93. The maximum atomic E-state index is 10.3. The summed E-state index contributed by atoms with van der Waals surface area (Å²) >= 11 is 0. The van der Waals surface area contributed by atoms with Gasteiger partial charge in [0.05, 0.1) is 0 Å². The quantitative estimate of drug-likeness (QED) is 0.835. The summed E-state index contributed by atoms with van der Waals surface area (Å²) in [6, 6.07) is 6.19. The van der Waals surface area contributed by atoms with Crippen molar-refractivity contribution in [2.24, 2.45) is 5.92 Å². The summed E-state index contributed by atoms with van der Waals surface area (Å²) in [4.78, 5) is 4.94. The van der Waals surface area contributed by atoms with Crippen LogP contribution in [0.2, 0.25) is 0 Å². The molecule has 0 amide bonds. The van der Waals surface area contributed by atoms with Crippen LogP contribution in [0.25, 0.3) is 0 Å². The molecular formula is C19H30N2O2. The zero-order chi connectivity index (χ0) is 16.2. The highest BCUT2D eigenvalue weighted by Gasteiger charge is 2.26. The third-order valence-electron chi connectivity index (χ3n) is 4.92. The van der Waals surface area contributed by atoms with Crippen molar-refractivity contribution in [3.8, 4) is 5.75 Å². The van der Waals surface area contributed by atoms with E-state index in [1.807, 2.05) is 13.0 Å². The lowest BCUT2D eigenvalue weighted by Gasteiger charge is -2.35. The van der Waals surface area contributed by atoms with Crippen molar-refractivity contribution in [1.29, 1.82) is 0 Å². The zero-order valence-corrected chi connectivity index (χ0v) is 14.5. The number of ether oxygens (including phenoxy) is 1. The van der Waals surface area contributed by atoms with Crippen molar-refractivity contribution in [2.75, 3.05) is 45.9 Å². The summed E-state index contributed by atoms with van der Waals surface area (Å²) in [5.41, 5.74) is 2.31. The summed E-state index contributed by atoms with van der Waals surface area (Å²) < 4.78 is 5.82. The maximum Gasteiger partial charge on any atom is 0.122 e. The molecule has 1 atom stereocenters. The van der Waals surface area contributed by atoms with Gasteiger partial charge in [-0.25, -0.2) is 0 Å². The number of aryl methyl sites for hydroxylation is 2. The molecule has 1 saturated heterocycles. The van der Waals surface area contributed by atoms with Crippen molar-refractivity contribution in [3.05, 3.63) is 29.3 Å². The fraction of sp³-hybridized carbons (Fsp3) is 0.684. The van der Waals surface area contributed by atoms with E-state index in [4.69, 9.17) is 4.74 Å². The van der Waals surface area contributed by atoms with E-state index in [0.29, 0.717) is 13.2 Å². The van der Waals surface area contributed by atoms with Crippen LogP contribution < -0.4 is 4.74 Å². The van der Waals surface area contributed by atoms with Gasteiger partial charge in [-0.05, 0) is 49.8 Å². The molecule has 0 aromatic heterocycles. The van der Waals surface area contributed by atoms with Gasteiger partial charge < -0.3 is 14.7 Å². The van der Waals surface area contributed by atoms with Crippen LogP contribution in [0.1, 0.15) is 24.0 Å². The Balaban J connectivity index is 1.37. The normalized spacial score (nSPS) is 21.3. The van der Waals surface area contributed by atoms with Gasteiger partial charge in [0.25, 0.3) is 0 Å². The molecular weight excluding hydrogens is 288 g/mol. The van der Waals surface area contributed by atoms with E-state index >= 15 is 0 Å². The molecule has 0 spiro atoms. The number of aliphatic hydroxyl groups excluding tert-OH is 1. The predicted molar refractivity (Wildman–Crippen MR) is 93.0 cm³/mol. The molecule has 0 bridgehead atoms. The van der Waals surface area contributed by atoms with Gasteiger partial charge in [-0.15, -0.1) is 0 Å². The van der Waals surface area contributed by atoms with Crippen molar-refractivity contribution < 1.29 is 9.84 Å². The van der Waals surface area contributed by atoms with Crippen molar-refractivity contribution in [3.63, 3.8) is 0 Å². The molecule has 1 unspecified atom stereocenters. The van der Waals surface area contributed by atoms with Gasteiger partial charge >= 0.3 is 0 Å². The van der Waals surface area contributed by atoms with E-state index in [-0.39, 0.29) is 0 Å². The van der Waals surface area contributed by atoms with Crippen molar-refractivity contribution in [2.45, 2.75) is 32.8 Å². The fourth-order valence-electron chi connectivity index (χ4n) is 3.22. The van der Waals surface area contributed by atoms with Gasteiger partial charge in [-0.2, -0.15) is 0 Å². The highest BCUT2D eigenvalue weighted by atomic mass is 16.5. The molecule has 1 heterocycles. The SMILES string of the molecule is Cc1ccc(C)c(OCC(O)CN2CCN(CC3CC3)CC2)c1. The number of hydrogen-bond acceptors (Lipinski definition) is 4. The van der Waals surface area contributed by atoms with E-state index in [2.05, 4.69) is 28.9 Å². The van der Waals surface area contributed by atoms with Crippen LogP contribution >= 0.6 is 0 Å². The van der Waals surface area contributed by atoms with Gasteiger partial charge in [-0.1, -0.05) is 12.1 Å². The molecule has 23 heavy (non-hydrogen) atoms. The Morgan fingerprint density at radius 1 is 1.13 bits per heavy atom. The topological polar surface area (TPSA) is 35.9 Å². The average Bonchev–Trinajstić information content (AvgIpc) is 3.34. The van der Waals surface area contributed by atoms with Gasteiger partial charge in [0.1, 0.15) is 18.5 Å². The average molecular weight is 318 g/mol. The summed E-state index contributed by atoms with van der Waals surface area (Å²) in [5.74, 6) is 1.86. The van der Waals surface area contributed by atoms with E-state index in [0.717, 1.165) is 43.4 Å². The number of piperazine rings is 1. The van der Waals surface area contributed by atoms with E-state index in [9.17, 15) is 5.11 Å². The Labute approximate surface area is 140 Å². The lowest BCUT2D eigenvalue weighted by molar-refractivity contribution is 0.0451. The van der Waals surface area contributed by atoms with Gasteiger partial charge in [0.15, 0.2) is 0 Å². The fourth-order valence-corrected chi connectivity index (χ4v) is 3.22. The summed E-state index contributed by atoms with van der Waals surface area (Å²) in [6.45, 7) is 10.9. The van der Waals surface area contributed by atoms with Crippen LogP contribution in [0.3, 0.4) is 0 Å². The minimum Gasteiger partial charge on any atom is -0.491 e. The van der Waals surface area contributed by atoms with E-state index in [1.54, 1.807) is 0 Å². The Hall–Kier alpha value is -1.10. The second-order valence-corrected chi connectivity index (χ2v) is 7.28. The molecule has 1 aliphatic carbocycles. The molecule has 1 aliphatic heterocycles. The number of rotatable bonds is 7. The minimum absolute atomic E-state index is 0.368. The van der Waals surface area contributed by atoms with E-state index < -0.39 is 6.10 Å². The lowest BCUT2D eigenvalue weighted by atomic mass is 10.1. The van der Waals surface area contributed by atoms with Crippen LogP contribution in [0.4, 0.5) is 0 Å². The number of aliphatic hydroxyl groups is 1. The zero-order valence-electron chi connectivity index (χ0n) is 14.5. The lowest BCUT2D eigenvalue weighted by Crippen LogP contribution is -2.49. The molecule has 1 aromatic rings. The minimum atomic E-state index is -0.426. The Morgan fingerprint density at radius 3 is 2.52 bits per heavy atom. The van der Waals surface area contributed by atoms with Crippen LogP contribution in [0, 0.1) is 19.8 Å². The molecule has 2 aliphatic rings. The molecule has 128 valence electrons. The van der Waals surface area contributed by atoms with Crippen molar-refractivity contribution >= 4 is 0 Å². The second-order valence-electron chi connectivity index (χ2n) is 7.28. The third kappa shape index (κ3) is 5.20. The van der Waals surface area contributed by atoms with Gasteiger partial charge in [0.2, 0.25) is 0 Å². The Bertz CT molecular complexity index is 508. The molecule has 0 radical (unpaired) electrons. The molecule has 1 aromatic carbocycles. The van der Waals surface area contributed by atoms with E-state index in [1.165, 1.54) is 24.9 Å². The third-order valence-corrected chi connectivity index (χ3v) is 4.92. The number of β-amino-alcohol motifs (C(OH)–C–C–N with tert-alkyl or cyclic N) is 1. The first-order valence-electron chi connectivity index (χ1n) is 8.93. The molecule has 4 nitrogen and oxygen atoms in total. The van der Waals surface area contributed by atoms with Gasteiger partial charge in [-0.3, -0.25) is 4.90 Å². The molecule has 1 saturated carbocycles. The monoisotopic (exact) mass is 318 g/mol. The van der Waals surface area contributed by atoms with Gasteiger partial charge in [0, 0.05) is 39.3 Å². The highest BCUT2D eigenvalue weighted by Crippen LogP contribution is 2.29. The predicted octanol–water partition coefficient (Wildman–Crippen LogP) is 2.07. The van der Waals surface area contributed by atoms with Crippen LogP contribution in [0.15, 0.2) is 18.2 Å².